The predicted molar refractivity (Wildman–Crippen MR) is 69.1 cm³/mol. The molecule has 1 atom stereocenters. The van der Waals surface area contributed by atoms with E-state index in [1.54, 1.807) is 7.11 Å². The molecule has 4 nitrogen and oxygen atoms in total. The Hall–Kier alpha value is -1.07. The minimum absolute atomic E-state index is 0.0131. The molecule has 0 amide bonds. The molecule has 0 radical (unpaired) electrons. The summed E-state index contributed by atoms with van der Waals surface area (Å²) < 4.78 is 27.6. The van der Waals surface area contributed by atoms with E-state index in [9.17, 15) is 8.42 Å². The van der Waals surface area contributed by atoms with Gasteiger partial charge in [-0.15, -0.1) is 0 Å². The van der Waals surface area contributed by atoms with Gasteiger partial charge in [0.2, 0.25) is 0 Å². The maximum Gasteiger partial charge on any atom is 0.147 e. The summed E-state index contributed by atoms with van der Waals surface area (Å²) >= 11 is 0. The van der Waals surface area contributed by atoms with Gasteiger partial charge in [-0.2, -0.15) is 0 Å². The van der Waals surface area contributed by atoms with Crippen molar-refractivity contribution in [1.82, 2.24) is 5.32 Å². The Morgan fingerprint density at radius 1 is 1.35 bits per heavy atom. The summed E-state index contributed by atoms with van der Waals surface area (Å²) in [5.74, 6) is 0.941. The fraction of sp³-hybridized carbons (Fsp3) is 0.500. The van der Waals surface area contributed by atoms with Gasteiger partial charge in [0.1, 0.15) is 15.6 Å². The number of hydrogen-bond acceptors (Lipinski definition) is 4. The van der Waals surface area contributed by atoms with Gasteiger partial charge in [-0.1, -0.05) is 18.2 Å². The number of sulfone groups is 1. The first kappa shape index (κ1) is 14.0. The predicted octanol–water partition coefficient (Wildman–Crippen LogP) is 1.39. The van der Waals surface area contributed by atoms with Crippen LogP contribution in [0.4, 0.5) is 0 Å². The van der Waals surface area contributed by atoms with Crippen LogP contribution in [0.25, 0.3) is 0 Å². The molecule has 1 rings (SSSR count). The van der Waals surface area contributed by atoms with E-state index < -0.39 is 9.84 Å². The minimum Gasteiger partial charge on any atom is -0.496 e. The van der Waals surface area contributed by atoms with Gasteiger partial charge in [0.15, 0.2) is 0 Å². The van der Waals surface area contributed by atoms with Crippen LogP contribution in [0.1, 0.15) is 18.0 Å². The number of hydrogen-bond donors (Lipinski definition) is 1. The van der Waals surface area contributed by atoms with Gasteiger partial charge in [-0.3, -0.25) is 0 Å². The first-order chi connectivity index (χ1) is 7.98. The molecule has 0 spiro atoms. The largest absolute Gasteiger partial charge is 0.496 e. The molecule has 0 saturated carbocycles. The van der Waals surface area contributed by atoms with Crippen LogP contribution >= 0.6 is 0 Å². The van der Waals surface area contributed by atoms with Gasteiger partial charge < -0.3 is 10.1 Å². The zero-order valence-corrected chi connectivity index (χ0v) is 11.3. The van der Waals surface area contributed by atoms with Crippen molar-refractivity contribution in [2.24, 2.45) is 0 Å². The number of methoxy groups -OCH3 is 1. The van der Waals surface area contributed by atoms with E-state index in [4.69, 9.17) is 4.74 Å². The standard InChI is InChI=1S/C12H19NO3S/c1-13-11(8-9-17(3,14)15)10-6-4-5-7-12(10)16-2/h4-7,11,13H,8-9H2,1-3H3. The highest BCUT2D eigenvalue weighted by Gasteiger charge is 2.15. The van der Waals surface area contributed by atoms with Crippen molar-refractivity contribution in [3.05, 3.63) is 29.8 Å². The molecule has 0 aliphatic carbocycles. The first-order valence-electron chi connectivity index (χ1n) is 5.46. The summed E-state index contributed by atoms with van der Waals surface area (Å²) in [6, 6.07) is 7.62. The molecule has 1 N–H and O–H groups in total. The molecular formula is C12H19NO3S. The lowest BCUT2D eigenvalue weighted by atomic mass is 10.0. The average Bonchev–Trinajstić information content (AvgIpc) is 2.29. The van der Waals surface area contributed by atoms with Crippen LogP contribution in [-0.2, 0) is 9.84 Å². The highest BCUT2D eigenvalue weighted by molar-refractivity contribution is 7.90. The number of para-hydroxylation sites is 1. The monoisotopic (exact) mass is 257 g/mol. The Balaban J connectivity index is 2.86. The topological polar surface area (TPSA) is 55.4 Å². The molecule has 0 heterocycles. The lowest BCUT2D eigenvalue weighted by molar-refractivity contribution is 0.400. The molecule has 0 aromatic heterocycles. The second kappa shape index (κ2) is 6.02. The zero-order valence-electron chi connectivity index (χ0n) is 10.4. The summed E-state index contributed by atoms with van der Waals surface area (Å²) in [6.45, 7) is 0. The fourth-order valence-electron chi connectivity index (χ4n) is 1.74. The van der Waals surface area contributed by atoms with Crippen LogP contribution in [0.3, 0.4) is 0 Å². The molecule has 1 unspecified atom stereocenters. The van der Waals surface area contributed by atoms with E-state index in [1.807, 2.05) is 31.3 Å². The Labute approximate surface area is 103 Å². The average molecular weight is 257 g/mol. The molecule has 0 aliphatic heterocycles. The molecule has 96 valence electrons. The van der Waals surface area contributed by atoms with E-state index >= 15 is 0 Å². The minimum atomic E-state index is -2.94. The molecule has 0 bridgehead atoms. The number of benzene rings is 1. The van der Waals surface area contributed by atoms with Gasteiger partial charge >= 0.3 is 0 Å². The number of rotatable bonds is 6. The second-order valence-electron chi connectivity index (χ2n) is 4.00. The summed E-state index contributed by atoms with van der Waals surface area (Å²) in [5, 5.41) is 3.12. The van der Waals surface area contributed by atoms with Crippen LogP contribution < -0.4 is 10.1 Å². The van der Waals surface area contributed by atoms with Crippen molar-refractivity contribution in [2.45, 2.75) is 12.5 Å². The van der Waals surface area contributed by atoms with E-state index in [2.05, 4.69) is 5.32 Å². The fourth-order valence-corrected chi connectivity index (χ4v) is 2.41. The van der Waals surface area contributed by atoms with Gasteiger partial charge in [0.05, 0.1) is 12.9 Å². The normalized spacial score (nSPS) is 13.4. The summed E-state index contributed by atoms with van der Waals surface area (Å²) in [4.78, 5) is 0. The Morgan fingerprint density at radius 3 is 2.53 bits per heavy atom. The summed E-state index contributed by atoms with van der Waals surface area (Å²) in [6.07, 6.45) is 1.79. The van der Waals surface area contributed by atoms with Crippen LogP contribution in [0.5, 0.6) is 5.75 Å². The van der Waals surface area contributed by atoms with Gasteiger partial charge in [-0.25, -0.2) is 8.42 Å². The molecule has 0 aliphatic rings. The highest BCUT2D eigenvalue weighted by atomic mass is 32.2. The third-order valence-electron chi connectivity index (χ3n) is 2.64. The van der Waals surface area contributed by atoms with Crippen LogP contribution in [-0.4, -0.2) is 34.6 Å². The zero-order chi connectivity index (χ0) is 12.9. The van der Waals surface area contributed by atoms with Crippen molar-refractivity contribution in [3.63, 3.8) is 0 Å². The van der Waals surface area contributed by atoms with Crippen molar-refractivity contribution in [3.8, 4) is 5.75 Å². The van der Waals surface area contributed by atoms with Crippen molar-refractivity contribution >= 4 is 9.84 Å². The lowest BCUT2D eigenvalue weighted by Crippen LogP contribution is -2.20. The van der Waals surface area contributed by atoms with Crippen LogP contribution in [0.2, 0.25) is 0 Å². The third-order valence-corrected chi connectivity index (χ3v) is 3.62. The van der Waals surface area contributed by atoms with E-state index in [0.29, 0.717) is 6.42 Å². The first-order valence-corrected chi connectivity index (χ1v) is 7.52. The second-order valence-corrected chi connectivity index (χ2v) is 6.26. The highest BCUT2D eigenvalue weighted by Crippen LogP contribution is 2.26. The smallest absolute Gasteiger partial charge is 0.147 e. The van der Waals surface area contributed by atoms with Crippen molar-refractivity contribution in [1.29, 1.82) is 0 Å². The lowest BCUT2D eigenvalue weighted by Gasteiger charge is -2.18. The summed E-state index contributed by atoms with van der Waals surface area (Å²) in [5.41, 5.74) is 0.987. The molecule has 0 fully saturated rings. The molecule has 1 aromatic rings. The van der Waals surface area contributed by atoms with Gasteiger partial charge in [0, 0.05) is 17.9 Å². The van der Waals surface area contributed by atoms with E-state index in [-0.39, 0.29) is 11.8 Å². The molecule has 0 saturated heterocycles. The van der Waals surface area contributed by atoms with Crippen molar-refractivity contribution in [2.75, 3.05) is 26.2 Å². The van der Waals surface area contributed by atoms with E-state index in [1.165, 1.54) is 6.26 Å². The maximum absolute atomic E-state index is 11.2. The Kier molecular flexibility index (Phi) is 4.96. The maximum atomic E-state index is 11.2. The van der Waals surface area contributed by atoms with E-state index in [0.717, 1.165) is 11.3 Å². The third kappa shape index (κ3) is 4.36. The summed E-state index contributed by atoms with van der Waals surface area (Å²) in [7, 11) is 0.494. The Bertz CT molecular complexity index is 457. The molecule has 5 heteroatoms. The van der Waals surface area contributed by atoms with Crippen molar-refractivity contribution < 1.29 is 13.2 Å². The Morgan fingerprint density at radius 2 is 2.00 bits per heavy atom. The number of ether oxygens (including phenoxy) is 1. The van der Waals surface area contributed by atoms with Crippen LogP contribution in [0.15, 0.2) is 24.3 Å². The van der Waals surface area contributed by atoms with Crippen LogP contribution in [0, 0.1) is 0 Å². The quantitative estimate of drug-likeness (QED) is 0.836. The van der Waals surface area contributed by atoms with Gasteiger partial charge in [-0.05, 0) is 19.5 Å². The molecule has 1 aromatic carbocycles. The van der Waals surface area contributed by atoms with Gasteiger partial charge in [0.25, 0.3) is 0 Å². The molecular weight excluding hydrogens is 238 g/mol. The molecule has 17 heavy (non-hydrogen) atoms. The SMILES string of the molecule is CNC(CCS(C)(=O)=O)c1ccccc1OC. The number of nitrogens with one attached hydrogen (secondary N) is 1.